The third-order valence-electron chi connectivity index (χ3n) is 4.96. The average Bonchev–Trinajstić information content (AvgIpc) is 3.15. The lowest BCUT2D eigenvalue weighted by Crippen LogP contribution is -2.22. The predicted molar refractivity (Wildman–Crippen MR) is 103 cm³/mol. The van der Waals surface area contributed by atoms with Crippen LogP contribution in [0.15, 0.2) is 35.5 Å². The molecule has 7 nitrogen and oxygen atoms in total. The van der Waals surface area contributed by atoms with Crippen LogP contribution in [0.5, 0.6) is 0 Å². The molecule has 0 saturated heterocycles. The predicted octanol–water partition coefficient (Wildman–Crippen LogP) is 2.81. The van der Waals surface area contributed by atoms with Gasteiger partial charge in [0.2, 0.25) is 5.95 Å². The van der Waals surface area contributed by atoms with E-state index in [1.807, 2.05) is 25.3 Å². The highest BCUT2D eigenvalue weighted by Gasteiger charge is 2.19. The molecule has 0 aliphatic heterocycles. The number of hydrogen-bond donors (Lipinski definition) is 2. The Morgan fingerprint density at radius 2 is 2.00 bits per heavy atom. The van der Waals surface area contributed by atoms with E-state index < -0.39 is 0 Å². The van der Waals surface area contributed by atoms with Crippen molar-refractivity contribution in [1.29, 1.82) is 0 Å². The average molecular weight is 350 g/mol. The van der Waals surface area contributed by atoms with E-state index >= 15 is 0 Å². The molecule has 134 valence electrons. The first-order valence-electron chi connectivity index (χ1n) is 9.04. The summed E-state index contributed by atoms with van der Waals surface area (Å²) < 4.78 is 1.70. The van der Waals surface area contributed by atoms with Gasteiger partial charge in [0.1, 0.15) is 5.82 Å². The van der Waals surface area contributed by atoms with Crippen LogP contribution in [0.25, 0.3) is 22.0 Å². The minimum atomic E-state index is -0.0156. The number of nitrogens with one attached hydrogen (secondary N) is 1. The largest absolute Gasteiger partial charge is 0.368 e. The fourth-order valence-corrected chi connectivity index (χ4v) is 3.54. The SMILES string of the molecule is CCn1ccc2cc(-c3cnc(N)nc3)nc(NC3CCCC3)c2c1=O. The zero-order valence-corrected chi connectivity index (χ0v) is 14.8. The summed E-state index contributed by atoms with van der Waals surface area (Å²) in [4.78, 5) is 25.8. The van der Waals surface area contributed by atoms with Crippen LogP contribution in [-0.2, 0) is 6.54 Å². The van der Waals surface area contributed by atoms with Gasteiger partial charge in [0.05, 0.1) is 11.1 Å². The van der Waals surface area contributed by atoms with Crippen molar-refractivity contribution in [3.8, 4) is 11.3 Å². The highest BCUT2D eigenvalue weighted by molar-refractivity contribution is 5.93. The van der Waals surface area contributed by atoms with Gasteiger partial charge in [-0.15, -0.1) is 0 Å². The van der Waals surface area contributed by atoms with Crippen molar-refractivity contribution in [3.05, 3.63) is 41.1 Å². The van der Waals surface area contributed by atoms with Gasteiger partial charge in [-0.05, 0) is 37.3 Å². The van der Waals surface area contributed by atoms with Gasteiger partial charge in [-0.2, -0.15) is 0 Å². The number of nitrogens with zero attached hydrogens (tertiary/aromatic N) is 4. The minimum Gasteiger partial charge on any atom is -0.368 e. The summed E-state index contributed by atoms with van der Waals surface area (Å²) >= 11 is 0. The summed E-state index contributed by atoms with van der Waals surface area (Å²) in [6.07, 6.45) is 9.76. The molecular formula is C19H22N6O. The van der Waals surface area contributed by atoms with E-state index in [-0.39, 0.29) is 11.5 Å². The quantitative estimate of drug-likeness (QED) is 0.751. The molecule has 0 aromatic carbocycles. The van der Waals surface area contributed by atoms with Crippen LogP contribution in [0.1, 0.15) is 32.6 Å². The Balaban J connectivity index is 1.89. The van der Waals surface area contributed by atoms with Crippen molar-refractivity contribution in [2.75, 3.05) is 11.1 Å². The van der Waals surface area contributed by atoms with Gasteiger partial charge in [-0.3, -0.25) is 4.79 Å². The molecule has 3 N–H and O–H groups in total. The van der Waals surface area contributed by atoms with Gasteiger partial charge >= 0.3 is 0 Å². The highest BCUT2D eigenvalue weighted by atomic mass is 16.1. The minimum absolute atomic E-state index is 0.0156. The number of nitrogen functional groups attached to an aromatic ring is 1. The van der Waals surface area contributed by atoms with E-state index in [9.17, 15) is 4.79 Å². The molecule has 3 aromatic rings. The maximum absolute atomic E-state index is 12.9. The number of fused-ring (bicyclic) bond motifs is 1. The Kier molecular flexibility index (Phi) is 4.28. The molecular weight excluding hydrogens is 328 g/mol. The van der Waals surface area contributed by atoms with Gasteiger partial charge in [-0.1, -0.05) is 12.8 Å². The maximum Gasteiger partial charge on any atom is 0.262 e. The summed E-state index contributed by atoms with van der Waals surface area (Å²) in [6.45, 7) is 2.59. The Morgan fingerprint density at radius 1 is 1.27 bits per heavy atom. The summed E-state index contributed by atoms with van der Waals surface area (Å²) in [5.74, 6) is 0.874. The molecule has 1 aliphatic carbocycles. The third-order valence-corrected chi connectivity index (χ3v) is 4.96. The fourth-order valence-electron chi connectivity index (χ4n) is 3.54. The molecule has 7 heteroatoms. The lowest BCUT2D eigenvalue weighted by atomic mass is 10.1. The first-order chi connectivity index (χ1) is 12.7. The second kappa shape index (κ2) is 6.74. The lowest BCUT2D eigenvalue weighted by Gasteiger charge is -2.16. The smallest absolute Gasteiger partial charge is 0.262 e. The summed E-state index contributed by atoms with van der Waals surface area (Å²) in [5, 5.41) is 5.01. The van der Waals surface area contributed by atoms with Crippen molar-refractivity contribution < 1.29 is 0 Å². The first-order valence-corrected chi connectivity index (χ1v) is 9.04. The second-order valence-electron chi connectivity index (χ2n) is 6.68. The van der Waals surface area contributed by atoms with Crippen molar-refractivity contribution in [2.24, 2.45) is 0 Å². The van der Waals surface area contributed by atoms with Crippen LogP contribution >= 0.6 is 0 Å². The van der Waals surface area contributed by atoms with Gasteiger partial charge in [0.15, 0.2) is 0 Å². The third kappa shape index (κ3) is 3.00. The molecule has 0 amide bonds. The molecule has 3 heterocycles. The Labute approximate surface area is 151 Å². The number of pyridine rings is 2. The molecule has 3 aromatic heterocycles. The van der Waals surface area contributed by atoms with Crippen molar-refractivity contribution in [2.45, 2.75) is 45.2 Å². The molecule has 4 rings (SSSR count). The zero-order chi connectivity index (χ0) is 18.1. The van der Waals surface area contributed by atoms with Crippen LogP contribution in [0.3, 0.4) is 0 Å². The van der Waals surface area contributed by atoms with Crippen LogP contribution in [0.4, 0.5) is 11.8 Å². The highest BCUT2D eigenvalue weighted by Crippen LogP contribution is 2.28. The van der Waals surface area contributed by atoms with Crippen molar-refractivity contribution in [1.82, 2.24) is 19.5 Å². The monoisotopic (exact) mass is 350 g/mol. The topological polar surface area (TPSA) is 98.7 Å². The molecule has 1 fully saturated rings. The maximum atomic E-state index is 12.9. The van der Waals surface area contributed by atoms with Crippen LogP contribution in [-0.4, -0.2) is 25.6 Å². The van der Waals surface area contributed by atoms with E-state index in [1.54, 1.807) is 17.0 Å². The Hall–Kier alpha value is -2.96. The summed E-state index contributed by atoms with van der Waals surface area (Å²) in [7, 11) is 0. The van der Waals surface area contributed by atoms with Gasteiger partial charge in [-0.25, -0.2) is 15.0 Å². The standard InChI is InChI=1S/C19H22N6O/c1-2-25-8-7-12-9-15(13-10-21-19(20)22-11-13)24-17(16(12)18(25)26)23-14-5-3-4-6-14/h7-11,14H,2-6H2,1H3,(H,23,24)(H2,20,21,22). The van der Waals surface area contributed by atoms with E-state index in [4.69, 9.17) is 10.7 Å². The number of anilines is 2. The molecule has 0 bridgehead atoms. The zero-order valence-electron chi connectivity index (χ0n) is 14.8. The van der Waals surface area contributed by atoms with Crippen LogP contribution < -0.4 is 16.6 Å². The van der Waals surface area contributed by atoms with Crippen molar-refractivity contribution >= 4 is 22.5 Å². The number of rotatable bonds is 4. The van der Waals surface area contributed by atoms with Gasteiger partial charge in [0, 0.05) is 36.7 Å². The van der Waals surface area contributed by atoms with E-state index in [0.29, 0.717) is 23.8 Å². The molecule has 0 radical (unpaired) electrons. The Bertz CT molecular complexity index is 989. The van der Waals surface area contributed by atoms with E-state index in [1.165, 1.54) is 12.8 Å². The van der Waals surface area contributed by atoms with Crippen molar-refractivity contribution in [3.63, 3.8) is 0 Å². The Morgan fingerprint density at radius 3 is 2.69 bits per heavy atom. The fraction of sp³-hybridized carbons (Fsp3) is 0.368. The first kappa shape index (κ1) is 16.5. The molecule has 26 heavy (non-hydrogen) atoms. The molecule has 0 unspecified atom stereocenters. The normalized spacial score (nSPS) is 14.8. The van der Waals surface area contributed by atoms with Gasteiger partial charge < -0.3 is 15.6 Å². The molecule has 0 atom stereocenters. The lowest BCUT2D eigenvalue weighted by molar-refractivity contribution is 0.732. The summed E-state index contributed by atoms with van der Waals surface area (Å²) in [6, 6.07) is 4.23. The molecule has 0 spiro atoms. The van der Waals surface area contributed by atoms with E-state index in [2.05, 4.69) is 15.3 Å². The van der Waals surface area contributed by atoms with E-state index in [0.717, 1.165) is 29.5 Å². The summed E-state index contributed by atoms with van der Waals surface area (Å²) in [5.41, 5.74) is 7.07. The number of nitrogens with two attached hydrogens (primary N) is 1. The number of aromatic nitrogens is 4. The number of aryl methyl sites for hydroxylation is 1. The molecule has 1 saturated carbocycles. The number of hydrogen-bond acceptors (Lipinski definition) is 6. The van der Waals surface area contributed by atoms with Crippen LogP contribution in [0.2, 0.25) is 0 Å². The van der Waals surface area contributed by atoms with Crippen LogP contribution in [0, 0.1) is 0 Å². The molecule has 1 aliphatic rings. The van der Waals surface area contributed by atoms with Gasteiger partial charge in [0.25, 0.3) is 5.56 Å². The second-order valence-corrected chi connectivity index (χ2v) is 6.68.